The second-order valence-electron chi connectivity index (χ2n) is 9.13. The molecule has 0 fully saturated rings. The van der Waals surface area contributed by atoms with E-state index in [0.29, 0.717) is 12.2 Å². The van der Waals surface area contributed by atoms with Gasteiger partial charge >= 0.3 is 0 Å². The van der Waals surface area contributed by atoms with Gasteiger partial charge in [0.05, 0.1) is 0 Å². The summed E-state index contributed by atoms with van der Waals surface area (Å²) >= 11 is 0. The van der Waals surface area contributed by atoms with E-state index in [1.54, 1.807) is 0 Å². The highest BCUT2D eigenvalue weighted by molar-refractivity contribution is 6.07. The Morgan fingerprint density at radius 1 is 1.03 bits per heavy atom. The maximum atomic E-state index is 13.2. The van der Waals surface area contributed by atoms with Gasteiger partial charge in [0.1, 0.15) is 12.2 Å². The lowest BCUT2D eigenvalue weighted by atomic mass is 10.0. The van der Waals surface area contributed by atoms with E-state index in [2.05, 4.69) is 32.9 Å². The summed E-state index contributed by atoms with van der Waals surface area (Å²) < 4.78 is 12.2. The van der Waals surface area contributed by atoms with Crippen LogP contribution in [0, 0.1) is 0 Å². The molecule has 0 saturated heterocycles. The smallest absolute Gasteiger partial charge is 0.258 e. The van der Waals surface area contributed by atoms with Crippen molar-refractivity contribution >= 4 is 11.6 Å². The molecule has 158 valence electrons. The SMILES string of the molecule is C[C@@H]1Cc2ccccc2N1C(=O)c1ccc(COc2cccc3c2OC(C)(C)C3)cc1. The molecule has 0 N–H and O–H groups in total. The predicted molar refractivity (Wildman–Crippen MR) is 122 cm³/mol. The molecule has 1 atom stereocenters. The van der Waals surface area contributed by atoms with E-state index >= 15 is 0 Å². The maximum Gasteiger partial charge on any atom is 0.258 e. The van der Waals surface area contributed by atoms with Gasteiger partial charge in [-0.1, -0.05) is 42.5 Å². The van der Waals surface area contributed by atoms with Crippen molar-refractivity contribution in [2.75, 3.05) is 4.90 Å². The average molecular weight is 414 g/mol. The molecule has 0 spiro atoms. The van der Waals surface area contributed by atoms with Crippen molar-refractivity contribution in [3.63, 3.8) is 0 Å². The van der Waals surface area contributed by atoms with Crippen LogP contribution in [0.25, 0.3) is 0 Å². The van der Waals surface area contributed by atoms with Crippen molar-refractivity contribution in [3.05, 3.63) is 89.0 Å². The average Bonchev–Trinajstić information content (AvgIpc) is 3.26. The Bertz CT molecular complexity index is 1130. The minimum Gasteiger partial charge on any atom is -0.485 e. The molecular weight excluding hydrogens is 386 g/mol. The van der Waals surface area contributed by atoms with Gasteiger partial charge in [0.25, 0.3) is 5.91 Å². The second kappa shape index (κ2) is 7.45. The number of hydrogen-bond donors (Lipinski definition) is 0. The van der Waals surface area contributed by atoms with Gasteiger partial charge in [-0.2, -0.15) is 0 Å². The number of hydrogen-bond acceptors (Lipinski definition) is 3. The van der Waals surface area contributed by atoms with Crippen molar-refractivity contribution < 1.29 is 14.3 Å². The molecule has 0 unspecified atom stereocenters. The highest BCUT2D eigenvalue weighted by Gasteiger charge is 2.33. The van der Waals surface area contributed by atoms with Gasteiger partial charge in [-0.25, -0.2) is 0 Å². The summed E-state index contributed by atoms with van der Waals surface area (Å²) in [7, 11) is 0. The fourth-order valence-corrected chi connectivity index (χ4v) is 4.62. The predicted octanol–water partition coefficient (Wildman–Crippen LogP) is 5.57. The van der Waals surface area contributed by atoms with Crippen LogP contribution in [0.2, 0.25) is 0 Å². The topological polar surface area (TPSA) is 38.8 Å². The number of ether oxygens (including phenoxy) is 2. The molecule has 0 radical (unpaired) electrons. The zero-order valence-electron chi connectivity index (χ0n) is 18.2. The largest absolute Gasteiger partial charge is 0.485 e. The Morgan fingerprint density at radius 2 is 1.77 bits per heavy atom. The van der Waals surface area contributed by atoms with Gasteiger partial charge < -0.3 is 14.4 Å². The Kier molecular flexibility index (Phi) is 4.73. The third-order valence-corrected chi connectivity index (χ3v) is 6.08. The fraction of sp³-hybridized carbons (Fsp3) is 0.296. The standard InChI is InChI=1S/C27H27NO3/c1-18-15-21-7-4-5-9-23(21)28(18)26(29)20-13-11-19(12-14-20)17-30-24-10-6-8-22-16-27(2,3)31-25(22)24/h4-14,18H,15-17H2,1-3H3/t18-/m1/s1. The Balaban J connectivity index is 1.29. The Morgan fingerprint density at radius 3 is 2.58 bits per heavy atom. The number of nitrogens with zero attached hydrogens (tertiary/aromatic N) is 1. The van der Waals surface area contributed by atoms with Crippen molar-refractivity contribution in [2.24, 2.45) is 0 Å². The molecule has 31 heavy (non-hydrogen) atoms. The normalized spacial score (nSPS) is 18.3. The summed E-state index contributed by atoms with van der Waals surface area (Å²) in [5.41, 5.74) is 4.94. The molecule has 5 rings (SSSR count). The third-order valence-electron chi connectivity index (χ3n) is 6.08. The molecule has 4 nitrogen and oxygen atoms in total. The first-order chi connectivity index (χ1) is 14.9. The number of fused-ring (bicyclic) bond motifs is 2. The van der Waals surface area contributed by atoms with Crippen LogP contribution in [0.3, 0.4) is 0 Å². The molecule has 2 aliphatic rings. The summed E-state index contributed by atoms with van der Waals surface area (Å²) in [5, 5.41) is 0. The van der Waals surface area contributed by atoms with Crippen molar-refractivity contribution in [3.8, 4) is 11.5 Å². The molecule has 3 aromatic carbocycles. The van der Waals surface area contributed by atoms with E-state index in [1.807, 2.05) is 59.5 Å². The summed E-state index contributed by atoms with van der Waals surface area (Å²) in [6.07, 6.45) is 1.78. The Hall–Kier alpha value is -3.27. The van der Waals surface area contributed by atoms with Gasteiger partial charge in [0.15, 0.2) is 11.5 Å². The first-order valence-electron chi connectivity index (χ1n) is 10.9. The van der Waals surface area contributed by atoms with Crippen LogP contribution in [0.4, 0.5) is 5.69 Å². The van der Waals surface area contributed by atoms with Gasteiger partial charge in [-0.3, -0.25) is 4.79 Å². The molecule has 0 aromatic heterocycles. The summed E-state index contributed by atoms with van der Waals surface area (Å²) in [6.45, 7) is 6.71. The summed E-state index contributed by atoms with van der Waals surface area (Å²) in [4.78, 5) is 15.1. The summed E-state index contributed by atoms with van der Waals surface area (Å²) in [6, 6.07) is 22.1. The first-order valence-corrected chi connectivity index (χ1v) is 10.9. The van der Waals surface area contributed by atoms with Gasteiger partial charge in [0, 0.05) is 29.3 Å². The molecule has 1 amide bonds. The molecular formula is C27H27NO3. The van der Waals surface area contributed by atoms with E-state index in [4.69, 9.17) is 9.47 Å². The van der Waals surface area contributed by atoms with E-state index in [1.165, 1.54) is 11.1 Å². The lowest BCUT2D eigenvalue weighted by Gasteiger charge is -2.23. The molecule has 3 aromatic rings. The van der Waals surface area contributed by atoms with E-state index < -0.39 is 0 Å². The lowest BCUT2D eigenvalue weighted by molar-refractivity contribution is 0.0981. The minimum atomic E-state index is -0.199. The molecule has 4 heteroatoms. The van der Waals surface area contributed by atoms with Crippen LogP contribution in [0.5, 0.6) is 11.5 Å². The molecule has 0 saturated carbocycles. The van der Waals surface area contributed by atoms with E-state index in [0.717, 1.165) is 35.6 Å². The second-order valence-corrected chi connectivity index (χ2v) is 9.13. The zero-order chi connectivity index (χ0) is 21.6. The van der Waals surface area contributed by atoms with Crippen molar-refractivity contribution in [1.82, 2.24) is 0 Å². The van der Waals surface area contributed by atoms with Gasteiger partial charge in [-0.05, 0) is 62.6 Å². The zero-order valence-corrected chi connectivity index (χ0v) is 18.2. The first kappa shape index (κ1) is 19.7. The number of para-hydroxylation sites is 2. The number of carbonyl (C=O) groups excluding carboxylic acids is 1. The van der Waals surface area contributed by atoms with E-state index in [-0.39, 0.29) is 17.6 Å². The number of anilines is 1. The summed E-state index contributed by atoms with van der Waals surface area (Å²) in [5.74, 6) is 1.66. The van der Waals surface area contributed by atoms with E-state index in [9.17, 15) is 4.79 Å². The van der Waals surface area contributed by atoms with Crippen LogP contribution in [0.15, 0.2) is 66.7 Å². The van der Waals surface area contributed by atoms with Crippen LogP contribution < -0.4 is 14.4 Å². The fourth-order valence-electron chi connectivity index (χ4n) is 4.62. The number of amides is 1. The highest BCUT2D eigenvalue weighted by Crippen LogP contribution is 2.42. The van der Waals surface area contributed by atoms with Crippen LogP contribution >= 0.6 is 0 Å². The number of benzene rings is 3. The number of carbonyl (C=O) groups is 1. The molecule has 2 aliphatic heterocycles. The third kappa shape index (κ3) is 3.67. The maximum absolute atomic E-state index is 13.2. The van der Waals surface area contributed by atoms with Crippen LogP contribution in [-0.4, -0.2) is 17.6 Å². The monoisotopic (exact) mass is 413 g/mol. The molecule has 0 bridgehead atoms. The van der Waals surface area contributed by atoms with Crippen molar-refractivity contribution in [2.45, 2.75) is 51.9 Å². The Labute approximate surface area is 183 Å². The van der Waals surface area contributed by atoms with Crippen LogP contribution in [-0.2, 0) is 19.4 Å². The highest BCUT2D eigenvalue weighted by atomic mass is 16.5. The van der Waals surface area contributed by atoms with Crippen LogP contribution in [0.1, 0.15) is 47.8 Å². The number of rotatable bonds is 4. The van der Waals surface area contributed by atoms with Gasteiger partial charge in [0.2, 0.25) is 0 Å². The molecule has 2 heterocycles. The minimum absolute atomic E-state index is 0.0430. The van der Waals surface area contributed by atoms with Crippen molar-refractivity contribution in [1.29, 1.82) is 0 Å². The molecule has 0 aliphatic carbocycles. The quantitative estimate of drug-likeness (QED) is 0.561. The lowest BCUT2D eigenvalue weighted by Crippen LogP contribution is -2.35. The van der Waals surface area contributed by atoms with Gasteiger partial charge in [-0.15, -0.1) is 0 Å².